The highest BCUT2D eigenvalue weighted by Gasteiger charge is 2.16. The van der Waals surface area contributed by atoms with Crippen LogP contribution in [0, 0.1) is 0 Å². The van der Waals surface area contributed by atoms with Gasteiger partial charge in [0.2, 0.25) is 0 Å². The van der Waals surface area contributed by atoms with Crippen LogP contribution in [0.15, 0.2) is 0 Å². The highest BCUT2D eigenvalue weighted by molar-refractivity contribution is 9.09. The summed E-state index contributed by atoms with van der Waals surface area (Å²) in [6, 6.07) is 0. The Balaban J connectivity index is 2.13. The lowest BCUT2D eigenvalue weighted by atomic mass is 10.2. The van der Waals surface area contributed by atoms with Gasteiger partial charge in [-0.15, -0.1) is 0 Å². The molecular weight excluding hydrogens is 208 g/mol. The van der Waals surface area contributed by atoms with Gasteiger partial charge in [-0.3, -0.25) is 0 Å². The van der Waals surface area contributed by atoms with E-state index in [-0.39, 0.29) is 11.3 Å². The molecule has 0 aromatic rings. The molecule has 1 aliphatic rings. The lowest BCUT2D eigenvalue weighted by molar-refractivity contribution is -0.168. The van der Waals surface area contributed by atoms with Crippen molar-refractivity contribution in [3.8, 4) is 0 Å². The fraction of sp³-hybridized carbons (Fsp3) is 1.00. The zero-order valence-electron chi connectivity index (χ0n) is 6.88. The van der Waals surface area contributed by atoms with Gasteiger partial charge in [-0.05, 0) is 25.7 Å². The van der Waals surface area contributed by atoms with Gasteiger partial charge in [0.1, 0.15) is 5.01 Å². The molecular formula is C8H15BrO2. The van der Waals surface area contributed by atoms with Gasteiger partial charge in [-0.2, -0.15) is 0 Å². The summed E-state index contributed by atoms with van der Waals surface area (Å²) in [6.07, 6.45) is 4.47. The molecule has 1 heterocycles. The Morgan fingerprint density at radius 1 is 1.64 bits per heavy atom. The van der Waals surface area contributed by atoms with Crippen molar-refractivity contribution in [3.05, 3.63) is 0 Å². The summed E-state index contributed by atoms with van der Waals surface area (Å²) in [5, 5.41) is 0.158. The maximum absolute atomic E-state index is 5.53. The van der Waals surface area contributed by atoms with Crippen molar-refractivity contribution in [1.82, 2.24) is 0 Å². The molecule has 2 unspecified atom stereocenters. The molecule has 66 valence electrons. The molecule has 1 fully saturated rings. The van der Waals surface area contributed by atoms with Crippen LogP contribution >= 0.6 is 15.9 Å². The summed E-state index contributed by atoms with van der Waals surface area (Å²) in [7, 11) is 0. The minimum atomic E-state index is 0.0353. The van der Waals surface area contributed by atoms with E-state index in [0.29, 0.717) is 0 Å². The molecule has 1 saturated heterocycles. The zero-order valence-corrected chi connectivity index (χ0v) is 8.47. The molecule has 0 N–H and O–H groups in total. The van der Waals surface area contributed by atoms with Gasteiger partial charge in [-0.1, -0.05) is 22.9 Å². The van der Waals surface area contributed by atoms with E-state index in [2.05, 4.69) is 22.9 Å². The molecule has 0 aromatic heterocycles. The summed E-state index contributed by atoms with van der Waals surface area (Å²) >= 11 is 3.41. The van der Waals surface area contributed by atoms with E-state index < -0.39 is 0 Å². The Hall–Kier alpha value is 0.400. The summed E-state index contributed by atoms with van der Waals surface area (Å²) in [5.41, 5.74) is 0. The van der Waals surface area contributed by atoms with Crippen molar-refractivity contribution in [2.24, 2.45) is 0 Å². The van der Waals surface area contributed by atoms with Gasteiger partial charge in [0.05, 0.1) is 0 Å². The van der Waals surface area contributed by atoms with E-state index in [1.54, 1.807) is 0 Å². The van der Waals surface area contributed by atoms with Crippen LogP contribution in [0.25, 0.3) is 0 Å². The first-order chi connectivity index (χ1) is 5.33. The lowest BCUT2D eigenvalue weighted by Gasteiger charge is -2.24. The average molecular weight is 223 g/mol. The molecule has 0 radical (unpaired) electrons. The number of hydrogen-bond acceptors (Lipinski definition) is 2. The Labute approximate surface area is 76.4 Å². The van der Waals surface area contributed by atoms with Crippen LogP contribution in [-0.4, -0.2) is 17.9 Å². The molecule has 0 bridgehead atoms. The van der Waals surface area contributed by atoms with E-state index in [9.17, 15) is 0 Å². The zero-order chi connectivity index (χ0) is 8.10. The first kappa shape index (κ1) is 9.49. The summed E-state index contributed by atoms with van der Waals surface area (Å²) in [6.45, 7) is 2.94. The first-order valence-electron chi connectivity index (χ1n) is 4.24. The number of rotatable bonds is 3. The standard InChI is InChI=1S/C8H15BrO2/c1-2-7(9)11-8-5-3-4-6-10-8/h7-8H,2-6H2,1H3. The minimum Gasteiger partial charge on any atom is -0.353 e. The van der Waals surface area contributed by atoms with Gasteiger partial charge >= 0.3 is 0 Å². The fourth-order valence-electron chi connectivity index (χ4n) is 1.08. The molecule has 11 heavy (non-hydrogen) atoms. The van der Waals surface area contributed by atoms with Crippen LogP contribution in [0.4, 0.5) is 0 Å². The van der Waals surface area contributed by atoms with Crippen molar-refractivity contribution in [2.75, 3.05) is 6.61 Å². The van der Waals surface area contributed by atoms with Crippen molar-refractivity contribution in [2.45, 2.75) is 43.9 Å². The van der Waals surface area contributed by atoms with E-state index in [0.717, 1.165) is 19.4 Å². The second kappa shape index (κ2) is 5.12. The highest BCUT2D eigenvalue weighted by Crippen LogP contribution is 2.18. The van der Waals surface area contributed by atoms with E-state index >= 15 is 0 Å². The van der Waals surface area contributed by atoms with Crippen LogP contribution in [0.1, 0.15) is 32.6 Å². The lowest BCUT2D eigenvalue weighted by Crippen LogP contribution is -2.24. The van der Waals surface area contributed by atoms with Gasteiger partial charge < -0.3 is 9.47 Å². The quantitative estimate of drug-likeness (QED) is 0.685. The molecule has 1 rings (SSSR count). The van der Waals surface area contributed by atoms with Crippen molar-refractivity contribution < 1.29 is 9.47 Å². The van der Waals surface area contributed by atoms with Crippen LogP contribution in [0.5, 0.6) is 0 Å². The van der Waals surface area contributed by atoms with Crippen molar-refractivity contribution >= 4 is 15.9 Å². The second-order valence-corrected chi connectivity index (χ2v) is 3.77. The normalized spacial score (nSPS) is 28.4. The molecule has 1 aliphatic heterocycles. The molecule has 0 amide bonds. The van der Waals surface area contributed by atoms with Crippen LogP contribution in [0.3, 0.4) is 0 Å². The molecule has 0 aliphatic carbocycles. The fourth-order valence-corrected chi connectivity index (χ4v) is 1.32. The second-order valence-electron chi connectivity index (χ2n) is 2.75. The predicted molar refractivity (Wildman–Crippen MR) is 47.7 cm³/mol. The molecule has 3 heteroatoms. The van der Waals surface area contributed by atoms with Gasteiger partial charge in [0.15, 0.2) is 6.29 Å². The van der Waals surface area contributed by atoms with Crippen molar-refractivity contribution in [1.29, 1.82) is 0 Å². The summed E-state index contributed by atoms with van der Waals surface area (Å²) in [4.78, 5) is 0. The molecule has 2 nitrogen and oxygen atoms in total. The van der Waals surface area contributed by atoms with Crippen LogP contribution in [-0.2, 0) is 9.47 Å². The largest absolute Gasteiger partial charge is 0.353 e. The van der Waals surface area contributed by atoms with E-state index in [4.69, 9.17) is 9.47 Å². The number of halogens is 1. The smallest absolute Gasteiger partial charge is 0.159 e. The van der Waals surface area contributed by atoms with Gasteiger partial charge in [0.25, 0.3) is 0 Å². The molecule has 0 spiro atoms. The number of ether oxygens (including phenoxy) is 2. The maximum atomic E-state index is 5.53. The number of hydrogen-bond donors (Lipinski definition) is 0. The Bertz CT molecular complexity index is 102. The van der Waals surface area contributed by atoms with E-state index in [1.165, 1.54) is 12.8 Å². The third-order valence-electron chi connectivity index (χ3n) is 1.76. The topological polar surface area (TPSA) is 18.5 Å². The van der Waals surface area contributed by atoms with E-state index in [1.807, 2.05) is 0 Å². The predicted octanol–water partition coefficient (Wildman–Crippen LogP) is 2.66. The third kappa shape index (κ3) is 3.54. The minimum absolute atomic E-state index is 0.0353. The Kier molecular flexibility index (Phi) is 4.41. The Morgan fingerprint density at radius 2 is 2.45 bits per heavy atom. The van der Waals surface area contributed by atoms with Crippen LogP contribution in [0.2, 0.25) is 0 Å². The average Bonchev–Trinajstić information content (AvgIpc) is 2.06. The molecule has 0 aromatic carbocycles. The first-order valence-corrected chi connectivity index (χ1v) is 5.15. The van der Waals surface area contributed by atoms with Gasteiger partial charge in [0, 0.05) is 6.61 Å². The molecule has 0 saturated carbocycles. The maximum Gasteiger partial charge on any atom is 0.159 e. The monoisotopic (exact) mass is 222 g/mol. The SMILES string of the molecule is CCC(Br)OC1CCCCO1. The summed E-state index contributed by atoms with van der Waals surface area (Å²) < 4.78 is 10.9. The molecule has 2 atom stereocenters. The van der Waals surface area contributed by atoms with Crippen molar-refractivity contribution in [3.63, 3.8) is 0 Å². The Morgan fingerprint density at radius 3 is 3.00 bits per heavy atom. The summed E-state index contributed by atoms with van der Waals surface area (Å²) in [5.74, 6) is 0. The van der Waals surface area contributed by atoms with Crippen LogP contribution < -0.4 is 0 Å². The highest BCUT2D eigenvalue weighted by atomic mass is 79.9. The number of alkyl halides is 1. The van der Waals surface area contributed by atoms with Gasteiger partial charge in [-0.25, -0.2) is 0 Å². The third-order valence-corrected chi connectivity index (χ3v) is 2.62.